The fourth-order valence-corrected chi connectivity index (χ4v) is 3.08. The van der Waals surface area contributed by atoms with Gasteiger partial charge in [-0.05, 0) is 37.6 Å². The number of hydrogen-bond acceptors (Lipinski definition) is 3. The van der Waals surface area contributed by atoms with E-state index in [9.17, 15) is 4.79 Å². The number of carbonyl (C=O) groups is 1. The summed E-state index contributed by atoms with van der Waals surface area (Å²) in [6.45, 7) is 4.07. The van der Waals surface area contributed by atoms with Crippen molar-refractivity contribution in [2.24, 2.45) is 5.73 Å². The van der Waals surface area contributed by atoms with E-state index in [1.165, 1.54) is 0 Å². The van der Waals surface area contributed by atoms with Gasteiger partial charge in [-0.25, -0.2) is 0 Å². The van der Waals surface area contributed by atoms with Gasteiger partial charge in [0.2, 0.25) is 5.91 Å². The van der Waals surface area contributed by atoms with Crippen molar-refractivity contribution < 1.29 is 4.79 Å². The van der Waals surface area contributed by atoms with E-state index in [4.69, 9.17) is 5.73 Å². The number of likely N-dealkylation sites (tertiary alicyclic amines) is 1. The van der Waals surface area contributed by atoms with Gasteiger partial charge in [-0.15, -0.1) is 0 Å². The van der Waals surface area contributed by atoms with Crippen LogP contribution in [0.15, 0.2) is 36.5 Å². The van der Waals surface area contributed by atoms with E-state index in [1.54, 1.807) is 6.20 Å². The molecule has 4 nitrogen and oxygen atoms in total. The number of hydrogen-bond donors (Lipinski definition) is 1. The molecule has 1 saturated heterocycles. The zero-order chi connectivity index (χ0) is 14.3. The van der Waals surface area contributed by atoms with Crippen molar-refractivity contribution >= 4 is 16.8 Å². The fraction of sp³-hybridized carbons (Fsp3) is 0.375. The molecular formula is C16H19N3O. The van der Waals surface area contributed by atoms with Crippen LogP contribution in [0.4, 0.5) is 0 Å². The number of carbonyl (C=O) groups excluding carboxylic acids is 1. The Bertz CT molecular complexity index is 653. The molecule has 2 heterocycles. The molecule has 0 bridgehead atoms. The maximum atomic E-state index is 12.1. The second-order valence-electron chi connectivity index (χ2n) is 5.66. The quantitative estimate of drug-likeness (QED) is 0.909. The summed E-state index contributed by atoms with van der Waals surface area (Å²) < 4.78 is 0. The van der Waals surface area contributed by atoms with Gasteiger partial charge in [-0.2, -0.15) is 0 Å². The first kappa shape index (κ1) is 13.1. The van der Waals surface area contributed by atoms with Gasteiger partial charge in [0.15, 0.2) is 0 Å². The lowest BCUT2D eigenvalue weighted by Gasteiger charge is -2.30. The Morgan fingerprint density at radius 3 is 2.90 bits per heavy atom. The van der Waals surface area contributed by atoms with Gasteiger partial charge >= 0.3 is 0 Å². The minimum atomic E-state index is -0.140. The molecule has 104 valence electrons. The second kappa shape index (κ2) is 4.87. The molecule has 3 rings (SSSR count). The molecule has 1 aliphatic rings. The van der Waals surface area contributed by atoms with Crippen molar-refractivity contribution in [1.82, 2.24) is 9.88 Å². The van der Waals surface area contributed by atoms with Crippen molar-refractivity contribution in [3.8, 4) is 0 Å². The van der Waals surface area contributed by atoms with Crippen LogP contribution < -0.4 is 5.73 Å². The van der Waals surface area contributed by atoms with Crippen LogP contribution in [-0.4, -0.2) is 27.9 Å². The first-order valence-electron chi connectivity index (χ1n) is 6.99. The topological polar surface area (TPSA) is 59.2 Å². The molecule has 1 fully saturated rings. The maximum Gasteiger partial charge on any atom is 0.225 e. The second-order valence-corrected chi connectivity index (χ2v) is 5.66. The monoisotopic (exact) mass is 269 g/mol. The standard InChI is InChI=1S/C16H19N3O/c1-10(2)19-15(20)9-13(17)16(19)12-5-6-14-11(8-12)4-3-7-18-14/h3-8,10,13,16H,9,17H2,1-2H3. The number of benzene rings is 1. The van der Waals surface area contributed by atoms with Gasteiger partial charge in [-0.1, -0.05) is 12.1 Å². The smallest absolute Gasteiger partial charge is 0.225 e. The van der Waals surface area contributed by atoms with Gasteiger partial charge < -0.3 is 10.6 Å². The van der Waals surface area contributed by atoms with Gasteiger partial charge in [-0.3, -0.25) is 9.78 Å². The van der Waals surface area contributed by atoms with Crippen LogP contribution in [0, 0.1) is 0 Å². The average molecular weight is 269 g/mol. The summed E-state index contributed by atoms with van der Waals surface area (Å²) >= 11 is 0. The normalized spacial score (nSPS) is 23.0. The SMILES string of the molecule is CC(C)N1C(=O)CC(N)C1c1ccc2ncccc2c1. The molecule has 1 aromatic heterocycles. The number of aromatic nitrogens is 1. The van der Waals surface area contributed by atoms with Crippen LogP contribution in [0.1, 0.15) is 31.9 Å². The molecule has 0 aliphatic carbocycles. The van der Waals surface area contributed by atoms with Gasteiger partial charge in [0.1, 0.15) is 0 Å². The summed E-state index contributed by atoms with van der Waals surface area (Å²) in [6.07, 6.45) is 2.21. The maximum absolute atomic E-state index is 12.1. The number of rotatable bonds is 2. The van der Waals surface area contributed by atoms with Crippen LogP contribution >= 0.6 is 0 Å². The Balaban J connectivity index is 2.06. The lowest BCUT2D eigenvalue weighted by molar-refractivity contribution is -0.130. The minimum Gasteiger partial charge on any atom is -0.332 e. The first-order valence-corrected chi connectivity index (χ1v) is 6.99. The molecule has 0 saturated carbocycles. The van der Waals surface area contributed by atoms with Crippen LogP contribution in [0.5, 0.6) is 0 Å². The molecule has 2 unspecified atom stereocenters. The number of nitrogens with zero attached hydrogens (tertiary/aromatic N) is 2. The molecule has 1 aliphatic heterocycles. The Morgan fingerprint density at radius 1 is 1.35 bits per heavy atom. The van der Waals surface area contributed by atoms with E-state index in [-0.39, 0.29) is 24.0 Å². The van der Waals surface area contributed by atoms with Gasteiger partial charge in [0.05, 0.1) is 11.6 Å². The summed E-state index contributed by atoms with van der Waals surface area (Å²) in [5.74, 6) is 0.142. The van der Waals surface area contributed by atoms with Crippen molar-refractivity contribution in [2.75, 3.05) is 0 Å². The molecular weight excluding hydrogens is 250 g/mol. The summed E-state index contributed by atoms with van der Waals surface area (Å²) in [5, 5.41) is 1.08. The third-order valence-corrected chi connectivity index (χ3v) is 3.93. The third kappa shape index (κ3) is 2.06. The van der Waals surface area contributed by atoms with E-state index < -0.39 is 0 Å². The predicted octanol–water partition coefficient (Wildman–Crippen LogP) is 2.24. The van der Waals surface area contributed by atoms with Crippen LogP contribution in [-0.2, 0) is 4.79 Å². The Hall–Kier alpha value is -1.94. The summed E-state index contributed by atoms with van der Waals surface area (Å²) in [4.78, 5) is 18.3. The highest BCUT2D eigenvalue weighted by molar-refractivity contribution is 5.82. The summed E-state index contributed by atoms with van der Waals surface area (Å²) in [6, 6.07) is 10.1. The highest BCUT2D eigenvalue weighted by Crippen LogP contribution is 2.34. The summed E-state index contributed by atoms with van der Waals surface area (Å²) in [5.41, 5.74) is 8.25. The Kier molecular flexibility index (Phi) is 3.18. The molecule has 1 amide bonds. The molecule has 0 spiro atoms. The Morgan fingerprint density at radius 2 is 2.15 bits per heavy atom. The molecule has 2 atom stereocenters. The van der Waals surface area contributed by atoms with Crippen LogP contribution in [0.25, 0.3) is 10.9 Å². The van der Waals surface area contributed by atoms with E-state index in [2.05, 4.69) is 11.1 Å². The van der Waals surface area contributed by atoms with E-state index in [0.717, 1.165) is 16.5 Å². The Labute approximate surface area is 118 Å². The van der Waals surface area contributed by atoms with Crippen molar-refractivity contribution in [2.45, 2.75) is 38.4 Å². The number of fused-ring (bicyclic) bond motifs is 1. The zero-order valence-corrected chi connectivity index (χ0v) is 11.8. The van der Waals surface area contributed by atoms with Crippen molar-refractivity contribution in [3.63, 3.8) is 0 Å². The number of pyridine rings is 1. The van der Waals surface area contributed by atoms with E-state index in [1.807, 2.05) is 43.0 Å². The van der Waals surface area contributed by atoms with Gasteiger partial charge in [0, 0.05) is 30.1 Å². The van der Waals surface area contributed by atoms with Crippen LogP contribution in [0.2, 0.25) is 0 Å². The highest BCUT2D eigenvalue weighted by Gasteiger charge is 2.39. The molecule has 1 aromatic carbocycles. The fourth-order valence-electron chi connectivity index (χ4n) is 3.08. The minimum absolute atomic E-state index is 0.0351. The van der Waals surface area contributed by atoms with Crippen molar-refractivity contribution in [3.05, 3.63) is 42.1 Å². The predicted molar refractivity (Wildman–Crippen MR) is 79.1 cm³/mol. The number of amides is 1. The molecule has 4 heteroatoms. The molecule has 20 heavy (non-hydrogen) atoms. The number of nitrogens with two attached hydrogens (primary N) is 1. The lowest BCUT2D eigenvalue weighted by atomic mass is 9.98. The largest absolute Gasteiger partial charge is 0.332 e. The lowest BCUT2D eigenvalue weighted by Crippen LogP contribution is -2.37. The summed E-state index contributed by atoms with van der Waals surface area (Å²) in [7, 11) is 0. The molecule has 2 N–H and O–H groups in total. The first-order chi connectivity index (χ1) is 9.58. The highest BCUT2D eigenvalue weighted by atomic mass is 16.2. The zero-order valence-electron chi connectivity index (χ0n) is 11.8. The van der Waals surface area contributed by atoms with E-state index in [0.29, 0.717) is 6.42 Å². The third-order valence-electron chi connectivity index (χ3n) is 3.93. The molecule has 0 radical (unpaired) electrons. The van der Waals surface area contributed by atoms with Crippen molar-refractivity contribution in [1.29, 1.82) is 0 Å². The van der Waals surface area contributed by atoms with Gasteiger partial charge in [0.25, 0.3) is 0 Å². The van der Waals surface area contributed by atoms with Crippen LogP contribution in [0.3, 0.4) is 0 Å². The average Bonchev–Trinajstić information content (AvgIpc) is 2.73. The van der Waals surface area contributed by atoms with E-state index >= 15 is 0 Å². The molecule has 2 aromatic rings.